The van der Waals surface area contributed by atoms with E-state index in [0.717, 1.165) is 16.6 Å². The van der Waals surface area contributed by atoms with Gasteiger partial charge in [-0.1, -0.05) is 0 Å². The van der Waals surface area contributed by atoms with Crippen molar-refractivity contribution in [2.75, 3.05) is 0 Å². The number of hydrogen-bond acceptors (Lipinski definition) is 6. The van der Waals surface area contributed by atoms with E-state index in [2.05, 4.69) is 30.1 Å². The van der Waals surface area contributed by atoms with Gasteiger partial charge in [-0.3, -0.25) is 9.78 Å². The molecule has 8 nitrogen and oxygen atoms in total. The number of pyridine rings is 1. The monoisotopic (exact) mass is 402 g/mol. The van der Waals surface area contributed by atoms with E-state index >= 15 is 0 Å². The van der Waals surface area contributed by atoms with Crippen LogP contribution in [0.4, 0.5) is 8.78 Å². The third-order valence-corrected chi connectivity index (χ3v) is 5.06. The van der Waals surface area contributed by atoms with Gasteiger partial charge in [-0.15, -0.1) is 0 Å². The van der Waals surface area contributed by atoms with Crippen LogP contribution in [0.1, 0.15) is 41.7 Å². The summed E-state index contributed by atoms with van der Waals surface area (Å²) in [6.07, 6.45) is 7.99. The Labute approximate surface area is 165 Å². The molecular weight excluding hydrogens is 382 g/mol. The quantitative estimate of drug-likeness (QED) is 0.705. The van der Waals surface area contributed by atoms with Crippen molar-refractivity contribution >= 4 is 16.8 Å². The minimum atomic E-state index is -2.76. The van der Waals surface area contributed by atoms with Crippen molar-refractivity contribution in [1.29, 1.82) is 0 Å². The van der Waals surface area contributed by atoms with E-state index in [9.17, 15) is 13.6 Å². The van der Waals surface area contributed by atoms with E-state index in [0.29, 0.717) is 37.2 Å². The topological polar surface area (TPSA) is 94.8 Å². The lowest BCUT2D eigenvalue weighted by Gasteiger charge is -2.28. The predicted molar refractivity (Wildman–Crippen MR) is 99.8 cm³/mol. The Morgan fingerprint density at radius 1 is 1.21 bits per heavy atom. The summed E-state index contributed by atoms with van der Waals surface area (Å²) in [5, 5.41) is 8.30. The van der Waals surface area contributed by atoms with Gasteiger partial charge in [0.25, 0.3) is 11.9 Å². The average Bonchev–Trinajstić information content (AvgIpc) is 3.06. The highest BCUT2D eigenvalue weighted by Crippen LogP contribution is 2.23. The zero-order valence-electron chi connectivity index (χ0n) is 15.8. The van der Waals surface area contributed by atoms with E-state index in [-0.39, 0.29) is 11.9 Å². The lowest BCUT2D eigenvalue weighted by atomic mass is 9.93. The number of rotatable bonds is 5. The molecular formula is C19H20F2N6O2. The van der Waals surface area contributed by atoms with Crippen LogP contribution < -0.4 is 5.32 Å². The van der Waals surface area contributed by atoms with E-state index in [1.165, 1.54) is 12.4 Å². The molecule has 1 N–H and O–H groups in total. The van der Waals surface area contributed by atoms with E-state index in [4.69, 9.17) is 0 Å². The van der Waals surface area contributed by atoms with Crippen LogP contribution in [-0.2, 0) is 4.74 Å². The van der Waals surface area contributed by atoms with Gasteiger partial charge in [0.05, 0.1) is 29.1 Å². The van der Waals surface area contributed by atoms with Crippen molar-refractivity contribution in [3.63, 3.8) is 0 Å². The number of amides is 1. The highest BCUT2D eigenvalue weighted by atomic mass is 19.3. The third kappa shape index (κ3) is 4.21. The fourth-order valence-electron chi connectivity index (χ4n) is 3.58. The number of carbonyl (C=O) groups is 1. The number of nitrogens with zero attached hydrogens (tertiary/aromatic N) is 5. The average molecular weight is 402 g/mol. The van der Waals surface area contributed by atoms with E-state index < -0.39 is 12.7 Å². The number of ether oxygens (including phenoxy) is 1. The van der Waals surface area contributed by atoms with Crippen LogP contribution in [0.2, 0.25) is 0 Å². The number of aromatic nitrogens is 5. The molecule has 10 heteroatoms. The summed E-state index contributed by atoms with van der Waals surface area (Å²) in [5.74, 6) is 0.0512. The second-order valence-corrected chi connectivity index (χ2v) is 7.01. The number of carbonyl (C=O) groups excluding carboxylic acids is 1. The fraction of sp³-hybridized carbons (Fsp3) is 0.421. The summed E-state index contributed by atoms with van der Waals surface area (Å²) < 4.78 is 30.7. The van der Waals surface area contributed by atoms with E-state index in [1.54, 1.807) is 17.1 Å². The van der Waals surface area contributed by atoms with Gasteiger partial charge in [0.1, 0.15) is 0 Å². The maximum absolute atomic E-state index is 12.5. The number of aryl methyl sites for hydroxylation is 1. The number of halogens is 2. The molecule has 0 aliphatic heterocycles. The van der Waals surface area contributed by atoms with Gasteiger partial charge in [0.15, 0.2) is 0 Å². The molecule has 29 heavy (non-hydrogen) atoms. The normalized spacial score (nSPS) is 19.6. The third-order valence-electron chi connectivity index (χ3n) is 5.06. The Kier molecular flexibility index (Phi) is 5.43. The molecule has 0 saturated heterocycles. The van der Waals surface area contributed by atoms with Crippen LogP contribution in [0.5, 0.6) is 0 Å². The SMILES string of the molecule is Cc1nn(-c2ncc(C(=O)NC3CCC(OC(F)F)CC3)cn2)c2cnccc12. The number of alkyl halides is 2. The second-order valence-electron chi connectivity index (χ2n) is 7.01. The van der Waals surface area contributed by atoms with Gasteiger partial charge in [-0.2, -0.15) is 18.6 Å². The van der Waals surface area contributed by atoms with Gasteiger partial charge < -0.3 is 10.1 Å². The molecule has 0 radical (unpaired) electrons. The molecule has 1 amide bonds. The number of fused-ring (bicyclic) bond motifs is 1. The molecule has 4 rings (SSSR count). The molecule has 3 aromatic heterocycles. The first-order valence-electron chi connectivity index (χ1n) is 9.37. The van der Waals surface area contributed by atoms with Crippen LogP contribution in [0, 0.1) is 6.92 Å². The molecule has 1 aliphatic rings. The van der Waals surface area contributed by atoms with Crippen molar-refractivity contribution in [3.8, 4) is 5.95 Å². The molecule has 1 aliphatic carbocycles. The highest BCUT2D eigenvalue weighted by molar-refractivity contribution is 5.93. The van der Waals surface area contributed by atoms with Gasteiger partial charge in [-0.25, -0.2) is 9.97 Å². The molecule has 152 valence electrons. The Morgan fingerprint density at radius 3 is 2.62 bits per heavy atom. The molecule has 1 saturated carbocycles. The van der Waals surface area contributed by atoms with Crippen molar-refractivity contribution in [1.82, 2.24) is 30.0 Å². The molecule has 0 atom stereocenters. The van der Waals surface area contributed by atoms with Gasteiger partial charge in [0.2, 0.25) is 0 Å². The van der Waals surface area contributed by atoms with Crippen molar-refractivity contribution < 1.29 is 18.3 Å². The van der Waals surface area contributed by atoms with E-state index in [1.807, 2.05) is 13.0 Å². The first kappa shape index (κ1) is 19.3. The Morgan fingerprint density at radius 2 is 1.93 bits per heavy atom. The van der Waals surface area contributed by atoms with Gasteiger partial charge >= 0.3 is 6.61 Å². The van der Waals surface area contributed by atoms with Crippen LogP contribution in [-0.4, -0.2) is 49.4 Å². The summed E-state index contributed by atoms with van der Waals surface area (Å²) in [5.41, 5.74) is 1.94. The Bertz CT molecular complexity index is 1000. The number of nitrogens with one attached hydrogen (secondary N) is 1. The smallest absolute Gasteiger partial charge is 0.345 e. The lowest BCUT2D eigenvalue weighted by Crippen LogP contribution is -2.39. The first-order valence-corrected chi connectivity index (χ1v) is 9.37. The van der Waals surface area contributed by atoms with Crippen molar-refractivity contribution in [2.24, 2.45) is 0 Å². The van der Waals surface area contributed by atoms with Crippen LogP contribution >= 0.6 is 0 Å². The van der Waals surface area contributed by atoms with Crippen LogP contribution in [0.15, 0.2) is 30.9 Å². The standard InChI is InChI=1S/C19H20F2N6O2/c1-11-15-6-7-22-10-16(15)27(26-11)19-23-8-12(9-24-19)17(28)25-13-2-4-14(5-3-13)29-18(20)21/h6-10,13-14,18H,2-5H2,1H3,(H,25,28). The molecule has 3 heterocycles. The largest absolute Gasteiger partial charge is 0.349 e. The number of hydrogen-bond donors (Lipinski definition) is 1. The Balaban J connectivity index is 1.41. The summed E-state index contributed by atoms with van der Waals surface area (Å²) in [7, 11) is 0. The molecule has 0 spiro atoms. The minimum absolute atomic E-state index is 0.0801. The van der Waals surface area contributed by atoms with Crippen molar-refractivity contribution in [3.05, 3.63) is 42.1 Å². The molecule has 0 unspecified atom stereocenters. The van der Waals surface area contributed by atoms with Crippen LogP contribution in [0.25, 0.3) is 16.9 Å². The predicted octanol–water partition coefficient (Wildman–Crippen LogP) is 2.80. The first-order chi connectivity index (χ1) is 14.0. The van der Waals surface area contributed by atoms with Gasteiger partial charge in [0, 0.05) is 30.0 Å². The molecule has 0 bridgehead atoms. The maximum Gasteiger partial charge on any atom is 0.345 e. The molecule has 3 aromatic rings. The highest BCUT2D eigenvalue weighted by Gasteiger charge is 2.25. The summed E-state index contributed by atoms with van der Waals surface area (Å²) in [4.78, 5) is 25.1. The molecule has 1 fully saturated rings. The summed E-state index contributed by atoms with van der Waals surface area (Å²) in [6, 6.07) is 1.79. The second kappa shape index (κ2) is 8.16. The zero-order chi connectivity index (χ0) is 20.4. The van der Waals surface area contributed by atoms with Gasteiger partial charge in [-0.05, 0) is 38.7 Å². The summed E-state index contributed by atoms with van der Waals surface area (Å²) in [6.45, 7) is -0.866. The molecule has 0 aromatic carbocycles. The van der Waals surface area contributed by atoms with Crippen LogP contribution in [0.3, 0.4) is 0 Å². The lowest BCUT2D eigenvalue weighted by molar-refractivity contribution is -0.170. The summed E-state index contributed by atoms with van der Waals surface area (Å²) >= 11 is 0. The van der Waals surface area contributed by atoms with Crippen molar-refractivity contribution in [2.45, 2.75) is 51.4 Å². The Hall–Kier alpha value is -3.01. The zero-order valence-corrected chi connectivity index (χ0v) is 15.8. The maximum atomic E-state index is 12.5. The minimum Gasteiger partial charge on any atom is -0.349 e. The fourth-order valence-corrected chi connectivity index (χ4v) is 3.58.